The molecule has 0 atom stereocenters. The third-order valence-corrected chi connectivity index (χ3v) is 11.5. The van der Waals surface area contributed by atoms with E-state index in [1.807, 2.05) is 4.90 Å². The third kappa shape index (κ3) is 8.88. The molecule has 0 spiro atoms. The molecule has 0 unspecified atom stereocenters. The Morgan fingerprint density at radius 3 is 2.27 bits per heavy atom. The van der Waals surface area contributed by atoms with Crippen LogP contribution in [0.2, 0.25) is 5.02 Å². The molecular formula is C42H46ClF2N10O4+. The van der Waals surface area contributed by atoms with Crippen LogP contribution in [0.5, 0.6) is 0 Å². The van der Waals surface area contributed by atoms with Gasteiger partial charge in [-0.2, -0.15) is 5.10 Å². The smallest absolute Gasteiger partial charge is 0.291 e. The highest BCUT2D eigenvalue weighted by Gasteiger charge is 2.35. The summed E-state index contributed by atoms with van der Waals surface area (Å²) in [5.74, 6) is -3.33. The second-order valence-corrected chi connectivity index (χ2v) is 16.0. The van der Waals surface area contributed by atoms with E-state index >= 15 is 8.78 Å². The first-order valence-electron chi connectivity index (χ1n) is 19.5. The molecule has 0 saturated carbocycles. The molecule has 5 aromatic rings. The van der Waals surface area contributed by atoms with Crippen LogP contribution in [0, 0.1) is 24.5 Å². The molecule has 2 fully saturated rings. The lowest BCUT2D eigenvalue weighted by Gasteiger charge is -2.40. The van der Waals surface area contributed by atoms with Gasteiger partial charge < -0.3 is 29.5 Å². The number of aryl methyl sites for hydroxylation is 1. The molecule has 0 aliphatic carbocycles. The predicted octanol–water partition coefficient (Wildman–Crippen LogP) is 5.04. The van der Waals surface area contributed by atoms with E-state index in [4.69, 9.17) is 11.6 Å². The molecule has 17 heteroatoms. The molecule has 5 heterocycles. The Morgan fingerprint density at radius 1 is 0.881 bits per heavy atom. The van der Waals surface area contributed by atoms with Gasteiger partial charge in [-0.05, 0) is 43.3 Å². The topological polar surface area (TPSA) is 147 Å². The van der Waals surface area contributed by atoms with E-state index in [2.05, 4.69) is 39.8 Å². The zero-order chi connectivity index (χ0) is 42.0. The molecular weight excluding hydrogens is 782 g/mol. The fourth-order valence-electron chi connectivity index (χ4n) is 7.62. The van der Waals surface area contributed by atoms with Gasteiger partial charge in [-0.1, -0.05) is 23.7 Å². The van der Waals surface area contributed by atoms with Crippen LogP contribution in [-0.4, -0.2) is 122 Å². The first-order valence-corrected chi connectivity index (χ1v) is 19.8. The van der Waals surface area contributed by atoms with Crippen LogP contribution in [0.15, 0.2) is 67.1 Å². The molecule has 2 saturated heterocycles. The van der Waals surface area contributed by atoms with Crippen molar-refractivity contribution < 1.29 is 32.4 Å². The van der Waals surface area contributed by atoms with Gasteiger partial charge in [0.05, 0.1) is 61.9 Å². The highest BCUT2D eigenvalue weighted by Crippen LogP contribution is 2.33. The van der Waals surface area contributed by atoms with Crippen LogP contribution < -0.4 is 10.6 Å². The number of anilines is 1. The Hall–Kier alpha value is -6.00. The van der Waals surface area contributed by atoms with Gasteiger partial charge in [-0.25, -0.2) is 13.8 Å². The Morgan fingerprint density at radius 2 is 1.58 bits per heavy atom. The van der Waals surface area contributed by atoms with Gasteiger partial charge in [0.15, 0.2) is 17.5 Å². The summed E-state index contributed by atoms with van der Waals surface area (Å²) in [5.41, 5.74) is 1.77. The average molecular weight is 828 g/mol. The number of benzene rings is 2. The van der Waals surface area contributed by atoms with Crippen molar-refractivity contribution in [2.24, 2.45) is 13.0 Å². The number of nitrogens with one attached hydrogen (secondary N) is 2. The van der Waals surface area contributed by atoms with Crippen molar-refractivity contribution in [1.29, 1.82) is 0 Å². The number of quaternary nitrogens is 1. The number of halogens is 3. The van der Waals surface area contributed by atoms with Crippen molar-refractivity contribution in [1.82, 2.24) is 39.4 Å². The number of aromatic nitrogens is 5. The standard InChI is InChI=1S/C42H45ClF2N10O4/c1-26-32(25-54(50-26)16-15-47-39(56)34-7-5-6-14-46-34)29-10-11-31(37(45)36(29)44)35-24-48-38(51(35)2)40(57)49-28-8-9-30(33(43)23-28)42(59)53-19-17-52(18-20-53)41(58)27-12-21-55(3,4)22-13-27/h5-11,14,23-25,27H,12-13,15-22H2,1-4H3,(H-,47,49,56,57,59)/p+1. The van der Waals surface area contributed by atoms with Gasteiger partial charge in [-0.15, -0.1) is 0 Å². The molecule has 7 rings (SSSR count). The number of amides is 4. The van der Waals surface area contributed by atoms with Crippen molar-refractivity contribution in [2.45, 2.75) is 26.3 Å². The quantitative estimate of drug-likeness (QED) is 0.188. The van der Waals surface area contributed by atoms with Crippen LogP contribution in [0.3, 0.4) is 0 Å². The average Bonchev–Trinajstić information content (AvgIpc) is 3.79. The molecule has 308 valence electrons. The Kier molecular flexibility index (Phi) is 11.9. The number of hydrogen-bond acceptors (Lipinski definition) is 7. The number of pyridine rings is 1. The molecule has 2 aliphatic heterocycles. The summed E-state index contributed by atoms with van der Waals surface area (Å²) in [6.45, 7) is 5.85. The Bertz CT molecular complexity index is 2400. The molecule has 59 heavy (non-hydrogen) atoms. The van der Waals surface area contributed by atoms with Crippen molar-refractivity contribution in [2.75, 3.05) is 65.2 Å². The maximum absolute atomic E-state index is 15.7. The zero-order valence-corrected chi connectivity index (χ0v) is 34.1. The van der Waals surface area contributed by atoms with Gasteiger partial charge in [0.25, 0.3) is 17.7 Å². The van der Waals surface area contributed by atoms with Crippen LogP contribution in [0.4, 0.5) is 14.5 Å². The van der Waals surface area contributed by atoms with Gasteiger partial charge >= 0.3 is 0 Å². The maximum Gasteiger partial charge on any atom is 0.291 e. The first-order chi connectivity index (χ1) is 28.2. The predicted molar refractivity (Wildman–Crippen MR) is 218 cm³/mol. The Labute approximate surface area is 345 Å². The summed E-state index contributed by atoms with van der Waals surface area (Å²) < 4.78 is 35.3. The summed E-state index contributed by atoms with van der Waals surface area (Å²) in [5, 5.41) is 10.0. The number of nitrogens with zero attached hydrogens (tertiary/aromatic N) is 8. The minimum atomic E-state index is -1.12. The lowest BCUT2D eigenvalue weighted by atomic mass is 9.94. The maximum atomic E-state index is 15.7. The minimum Gasteiger partial charge on any atom is -0.349 e. The number of carbonyl (C=O) groups excluding carboxylic acids is 4. The monoisotopic (exact) mass is 827 g/mol. The van der Waals surface area contributed by atoms with E-state index in [9.17, 15) is 19.2 Å². The van der Waals surface area contributed by atoms with E-state index in [-0.39, 0.29) is 75.7 Å². The lowest BCUT2D eigenvalue weighted by Crippen LogP contribution is -2.54. The second kappa shape index (κ2) is 17.1. The van der Waals surface area contributed by atoms with Gasteiger partial charge in [0, 0.05) is 93.3 Å². The van der Waals surface area contributed by atoms with Gasteiger partial charge in [-0.3, -0.25) is 28.8 Å². The van der Waals surface area contributed by atoms with Crippen molar-refractivity contribution in [3.05, 3.63) is 107 Å². The Balaban J connectivity index is 0.959. The second-order valence-electron chi connectivity index (χ2n) is 15.6. The summed E-state index contributed by atoms with van der Waals surface area (Å²) in [4.78, 5) is 64.0. The van der Waals surface area contributed by atoms with E-state index < -0.39 is 17.5 Å². The summed E-state index contributed by atoms with van der Waals surface area (Å²) in [7, 11) is 5.88. The molecule has 14 nitrogen and oxygen atoms in total. The zero-order valence-electron chi connectivity index (χ0n) is 33.3. The van der Waals surface area contributed by atoms with Crippen LogP contribution in [0.1, 0.15) is 50.0 Å². The largest absolute Gasteiger partial charge is 0.349 e. The van der Waals surface area contributed by atoms with Crippen LogP contribution in [0.25, 0.3) is 22.4 Å². The van der Waals surface area contributed by atoms with E-state index in [1.54, 1.807) is 47.0 Å². The summed E-state index contributed by atoms with van der Waals surface area (Å²) >= 11 is 6.56. The number of likely N-dealkylation sites (tertiary alicyclic amines) is 1. The van der Waals surface area contributed by atoms with Crippen molar-refractivity contribution in [3.63, 3.8) is 0 Å². The van der Waals surface area contributed by atoms with Crippen molar-refractivity contribution in [3.8, 4) is 22.4 Å². The number of piperidine rings is 1. The minimum absolute atomic E-state index is 0.00207. The van der Waals surface area contributed by atoms with E-state index in [0.717, 1.165) is 30.4 Å². The molecule has 0 bridgehead atoms. The number of piperazine rings is 1. The van der Waals surface area contributed by atoms with Gasteiger partial charge in [0.2, 0.25) is 5.91 Å². The lowest BCUT2D eigenvalue weighted by molar-refractivity contribution is -0.895. The molecule has 2 aromatic carbocycles. The van der Waals surface area contributed by atoms with E-state index in [0.29, 0.717) is 43.1 Å². The number of imidazole rings is 1. The molecule has 4 amide bonds. The van der Waals surface area contributed by atoms with Gasteiger partial charge in [0.1, 0.15) is 5.69 Å². The highest BCUT2D eigenvalue weighted by atomic mass is 35.5. The molecule has 3 aromatic heterocycles. The van der Waals surface area contributed by atoms with Crippen LogP contribution in [-0.2, 0) is 18.4 Å². The first kappa shape index (κ1) is 41.2. The fourth-order valence-corrected chi connectivity index (χ4v) is 7.88. The number of hydrogen-bond donors (Lipinski definition) is 2. The summed E-state index contributed by atoms with van der Waals surface area (Å²) in [6.07, 6.45) is 6.13. The number of carbonyl (C=O) groups is 4. The summed E-state index contributed by atoms with van der Waals surface area (Å²) in [6, 6.07) is 12.4. The molecule has 2 aliphatic rings. The molecule has 2 N–H and O–H groups in total. The van der Waals surface area contributed by atoms with Crippen LogP contribution >= 0.6 is 11.6 Å². The molecule has 0 radical (unpaired) electrons. The fraction of sp³-hybridized carbons (Fsp3) is 0.357. The van der Waals surface area contributed by atoms with E-state index in [1.165, 1.54) is 48.3 Å². The highest BCUT2D eigenvalue weighted by molar-refractivity contribution is 6.34. The SMILES string of the molecule is Cc1nn(CCNC(=O)c2ccccn2)cc1-c1ccc(-c2cnc(C(=O)Nc3ccc(C(=O)N4CCN(C(=O)C5CC[N+](C)(C)CC5)CC4)c(Cl)c3)n2C)c(F)c1F. The number of rotatable bonds is 10. The normalized spacial score (nSPS) is 15.6. The van der Waals surface area contributed by atoms with Crippen molar-refractivity contribution >= 4 is 40.9 Å². The third-order valence-electron chi connectivity index (χ3n) is 11.2.